The number of carbonyl (C=O) groups excluding carboxylic acids is 2. The zero-order valence-electron chi connectivity index (χ0n) is 11.6. The second kappa shape index (κ2) is 7.13. The third-order valence-corrected chi connectivity index (χ3v) is 2.61. The second-order valence-electron chi connectivity index (χ2n) is 4.21. The zero-order valence-corrected chi connectivity index (χ0v) is 11.6. The van der Waals surface area contributed by atoms with E-state index < -0.39 is 24.5 Å². The number of anilines is 1. The minimum absolute atomic E-state index is 0.00982. The standard InChI is InChI=1S/C13H16N2O6/c1-14(8-12(19)21-2)13(20)15(7-11(17)18)9-3-5-10(16)6-4-9/h3-6,16H,7-8H2,1-2H3,(H,17,18). The molecule has 1 rings (SSSR count). The molecule has 8 nitrogen and oxygen atoms in total. The molecule has 0 aliphatic carbocycles. The molecule has 2 N–H and O–H groups in total. The molecule has 0 saturated carbocycles. The Hall–Kier alpha value is -2.77. The summed E-state index contributed by atoms with van der Waals surface area (Å²) >= 11 is 0. The van der Waals surface area contributed by atoms with Gasteiger partial charge in [0.1, 0.15) is 18.8 Å². The second-order valence-corrected chi connectivity index (χ2v) is 4.21. The van der Waals surface area contributed by atoms with Crippen molar-refractivity contribution in [2.24, 2.45) is 0 Å². The van der Waals surface area contributed by atoms with Crippen LogP contribution in [0, 0.1) is 0 Å². The van der Waals surface area contributed by atoms with E-state index in [0.717, 1.165) is 9.80 Å². The number of rotatable bonds is 5. The monoisotopic (exact) mass is 296 g/mol. The largest absolute Gasteiger partial charge is 0.508 e. The zero-order chi connectivity index (χ0) is 16.0. The van der Waals surface area contributed by atoms with E-state index in [0.29, 0.717) is 0 Å². The first kappa shape index (κ1) is 16.3. The molecule has 1 aromatic rings. The smallest absolute Gasteiger partial charge is 0.325 e. The number of nitrogens with zero attached hydrogens (tertiary/aromatic N) is 2. The van der Waals surface area contributed by atoms with E-state index in [-0.39, 0.29) is 18.0 Å². The first-order valence-electron chi connectivity index (χ1n) is 5.95. The van der Waals surface area contributed by atoms with Crippen molar-refractivity contribution in [1.29, 1.82) is 0 Å². The van der Waals surface area contributed by atoms with Gasteiger partial charge in [-0.1, -0.05) is 0 Å². The fourth-order valence-corrected chi connectivity index (χ4v) is 1.57. The van der Waals surface area contributed by atoms with Crippen molar-refractivity contribution in [3.63, 3.8) is 0 Å². The summed E-state index contributed by atoms with van der Waals surface area (Å²) in [5.41, 5.74) is 0.289. The molecule has 0 aliphatic heterocycles. The highest BCUT2D eigenvalue weighted by molar-refractivity contribution is 5.97. The number of phenolic OH excluding ortho intramolecular Hbond substituents is 1. The van der Waals surface area contributed by atoms with Crippen molar-refractivity contribution in [1.82, 2.24) is 4.90 Å². The van der Waals surface area contributed by atoms with Gasteiger partial charge in [-0.25, -0.2) is 4.79 Å². The summed E-state index contributed by atoms with van der Waals surface area (Å²) in [4.78, 5) is 36.3. The van der Waals surface area contributed by atoms with Gasteiger partial charge in [-0.3, -0.25) is 14.5 Å². The number of hydrogen-bond acceptors (Lipinski definition) is 5. The van der Waals surface area contributed by atoms with Gasteiger partial charge >= 0.3 is 18.0 Å². The number of urea groups is 1. The van der Waals surface area contributed by atoms with Gasteiger partial charge in [0.05, 0.1) is 7.11 Å². The lowest BCUT2D eigenvalue weighted by Gasteiger charge is -2.26. The van der Waals surface area contributed by atoms with Crippen LogP contribution in [-0.2, 0) is 14.3 Å². The van der Waals surface area contributed by atoms with Gasteiger partial charge < -0.3 is 19.8 Å². The average Bonchev–Trinajstić information content (AvgIpc) is 2.44. The number of aromatic hydroxyl groups is 1. The number of carbonyl (C=O) groups is 3. The van der Waals surface area contributed by atoms with E-state index in [9.17, 15) is 19.5 Å². The Kier molecular flexibility index (Phi) is 5.53. The maximum Gasteiger partial charge on any atom is 0.325 e. The average molecular weight is 296 g/mol. The molecule has 0 atom stereocenters. The molecule has 0 saturated heterocycles. The molecule has 8 heteroatoms. The van der Waals surface area contributed by atoms with Gasteiger partial charge in [0, 0.05) is 12.7 Å². The maximum atomic E-state index is 12.2. The highest BCUT2D eigenvalue weighted by Crippen LogP contribution is 2.19. The van der Waals surface area contributed by atoms with Gasteiger partial charge in [-0.2, -0.15) is 0 Å². The van der Waals surface area contributed by atoms with Crippen LogP contribution in [0.25, 0.3) is 0 Å². The topological polar surface area (TPSA) is 107 Å². The van der Waals surface area contributed by atoms with Crippen LogP contribution in [0.4, 0.5) is 10.5 Å². The van der Waals surface area contributed by atoms with Crippen LogP contribution in [0.5, 0.6) is 5.75 Å². The van der Waals surface area contributed by atoms with Gasteiger partial charge in [-0.05, 0) is 24.3 Å². The summed E-state index contributed by atoms with van der Waals surface area (Å²) in [5, 5.41) is 18.1. The first-order valence-corrected chi connectivity index (χ1v) is 5.95. The molecular formula is C13H16N2O6. The minimum Gasteiger partial charge on any atom is -0.508 e. The summed E-state index contributed by atoms with van der Waals surface area (Å²) in [6.45, 7) is -0.876. The fourth-order valence-electron chi connectivity index (χ4n) is 1.57. The Labute approximate surface area is 121 Å². The lowest BCUT2D eigenvalue weighted by atomic mass is 10.2. The summed E-state index contributed by atoms with van der Waals surface area (Å²) in [6.07, 6.45) is 0. The van der Waals surface area contributed by atoms with E-state index in [1.165, 1.54) is 38.4 Å². The van der Waals surface area contributed by atoms with Crippen molar-refractivity contribution in [2.45, 2.75) is 0 Å². The molecule has 0 unspecified atom stereocenters. The van der Waals surface area contributed by atoms with Gasteiger partial charge in [0.25, 0.3) is 0 Å². The van der Waals surface area contributed by atoms with Crippen molar-refractivity contribution in [2.75, 3.05) is 32.1 Å². The Bertz CT molecular complexity index is 528. The number of carboxylic acid groups (broad SMARTS) is 1. The van der Waals surface area contributed by atoms with Crippen molar-refractivity contribution >= 4 is 23.7 Å². The number of methoxy groups -OCH3 is 1. The van der Waals surface area contributed by atoms with Crippen LogP contribution in [0.2, 0.25) is 0 Å². The number of ether oxygens (including phenoxy) is 1. The van der Waals surface area contributed by atoms with Crippen molar-refractivity contribution < 1.29 is 29.3 Å². The molecule has 2 amide bonds. The number of esters is 1. The van der Waals surface area contributed by atoms with Gasteiger partial charge in [0.2, 0.25) is 0 Å². The summed E-state index contributed by atoms with van der Waals surface area (Å²) in [6, 6.07) is 4.80. The molecule has 0 aromatic heterocycles. The van der Waals surface area contributed by atoms with Crippen LogP contribution in [0.15, 0.2) is 24.3 Å². The molecule has 0 radical (unpaired) electrons. The normalized spacial score (nSPS) is 9.81. The molecule has 0 aliphatic rings. The van der Waals surface area contributed by atoms with Crippen LogP contribution in [0.1, 0.15) is 0 Å². The van der Waals surface area contributed by atoms with Crippen LogP contribution in [0.3, 0.4) is 0 Å². The first-order chi connectivity index (χ1) is 9.85. The molecule has 1 aromatic carbocycles. The Balaban J connectivity index is 2.96. The number of phenols is 1. The summed E-state index contributed by atoms with van der Waals surface area (Å²) in [5.74, 6) is -1.83. The molecule has 0 fully saturated rings. The molecule has 114 valence electrons. The maximum absolute atomic E-state index is 12.2. The molecule has 21 heavy (non-hydrogen) atoms. The summed E-state index contributed by atoms with van der Waals surface area (Å²) < 4.78 is 4.45. The number of likely N-dealkylation sites (N-methyl/N-ethyl adjacent to an activating group) is 1. The predicted molar refractivity (Wildman–Crippen MR) is 73.1 cm³/mol. The van der Waals surface area contributed by atoms with Crippen molar-refractivity contribution in [3.8, 4) is 5.75 Å². The van der Waals surface area contributed by atoms with Crippen LogP contribution in [-0.4, -0.2) is 60.3 Å². The SMILES string of the molecule is COC(=O)CN(C)C(=O)N(CC(=O)O)c1ccc(O)cc1. The van der Waals surface area contributed by atoms with Gasteiger partial charge in [-0.15, -0.1) is 0 Å². The number of amides is 2. The highest BCUT2D eigenvalue weighted by atomic mass is 16.5. The Morgan fingerprint density at radius 2 is 1.71 bits per heavy atom. The third kappa shape index (κ3) is 4.68. The molecule has 0 bridgehead atoms. The van der Waals surface area contributed by atoms with E-state index in [2.05, 4.69) is 4.74 Å². The molecule has 0 heterocycles. The minimum atomic E-state index is -1.21. The van der Waals surface area contributed by atoms with E-state index >= 15 is 0 Å². The highest BCUT2D eigenvalue weighted by Gasteiger charge is 2.23. The van der Waals surface area contributed by atoms with Crippen LogP contribution >= 0.6 is 0 Å². The number of hydrogen-bond donors (Lipinski definition) is 2. The summed E-state index contributed by atoms with van der Waals surface area (Å²) in [7, 11) is 2.55. The lowest BCUT2D eigenvalue weighted by Crippen LogP contribution is -2.45. The Morgan fingerprint density at radius 3 is 2.19 bits per heavy atom. The van der Waals surface area contributed by atoms with Gasteiger partial charge in [0.15, 0.2) is 0 Å². The van der Waals surface area contributed by atoms with E-state index in [4.69, 9.17) is 5.11 Å². The number of carboxylic acids is 1. The van der Waals surface area contributed by atoms with Crippen molar-refractivity contribution in [3.05, 3.63) is 24.3 Å². The van der Waals surface area contributed by atoms with E-state index in [1.807, 2.05) is 0 Å². The lowest BCUT2D eigenvalue weighted by molar-refractivity contribution is -0.141. The Morgan fingerprint density at radius 1 is 1.14 bits per heavy atom. The molecular weight excluding hydrogens is 280 g/mol. The van der Waals surface area contributed by atoms with Crippen LogP contribution < -0.4 is 4.90 Å². The molecule has 0 spiro atoms. The third-order valence-electron chi connectivity index (χ3n) is 2.61. The number of aliphatic carboxylic acids is 1. The predicted octanol–water partition coefficient (Wildman–Crippen LogP) is 0.508. The fraction of sp³-hybridized carbons (Fsp3) is 0.308. The quantitative estimate of drug-likeness (QED) is 0.766. The number of benzene rings is 1. The van der Waals surface area contributed by atoms with E-state index in [1.54, 1.807) is 0 Å².